The van der Waals surface area contributed by atoms with Crippen molar-refractivity contribution in [3.63, 3.8) is 0 Å². The van der Waals surface area contributed by atoms with Crippen LogP contribution in [0.15, 0.2) is 48.9 Å². The first-order chi connectivity index (χ1) is 12.5. The molecule has 0 aliphatic carbocycles. The fourth-order valence-electron chi connectivity index (χ4n) is 2.28. The third kappa shape index (κ3) is 3.87. The number of hydrogen-bond acceptors (Lipinski definition) is 6. The molecular formula is C18H15Cl2N5O. The van der Waals surface area contributed by atoms with Crippen LogP contribution in [0.2, 0.25) is 10.0 Å². The van der Waals surface area contributed by atoms with Crippen LogP contribution in [0.4, 0.5) is 11.5 Å². The van der Waals surface area contributed by atoms with Gasteiger partial charge in [-0.3, -0.25) is 10.4 Å². The van der Waals surface area contributed by atoms with Crippen molar-refractivity contribution in [3.05, 3.63) is 75.7 Å². The fourth-order valence-corrected chi connectivity index (χ4v) is 2.76. The van der Waals surface area contributed by atoms with Crippen molar-refractivity contribution >= 4 is 40.4 Å². The minimum atomic E-state index is 0.167. The van der Waals surface area contributed by atoms with Gasteiger partial charge in [-0.15, -0.1) is 0 Å². The molecule has 6 nitrogen and oxygen atoms in total. The largest absolute Gasteiger partial charge is 0.489 e. The van der Waals surface area contributed by atoms with Gasteiger partial charge in [0.1, 0.15) is 18.2 Å². The first-order valence-electron chi connectivity index (χ1n) is 7.56. The fraction of sp³-hybridized carbons (Fsp3) is 0.0556. The number of halogens is 2. The van der Waals surface area contributed by atoms with E-state index in [-0.39, 0.29) is 12.3 Å². The smallest absolute Gasteiger partial charge is 0.123 e. The van der Waals surface area contributed by atoms with Gasteiger partial charge in [0.2, 0.25) is 0 Å². The van der Waals surface area contributed by atoms with Gasteiger partial charge in [-0.05, 0) is 30.3 Å². The summed E-state index contributed by atoms with van der Waals surface area (Å²) in [6, 6.07) is 8.44. The van der Waals surface area contributed by atoms with Gasteiger partial charge in [0, 0.05) is 41.0 Å². The molecule has 0 spiro atoms. The number of pyridine rings is 2. The van der Waals surface area contributed by atoms with Crippen molar-refractivity contribution in [2.24, 2.45) is 0 Å². The Kier molecular flexibility index (Phi) is 5.25. The summed E-state index contributed by atoms with van der Waals surface area (Å²) in [4.78, 5) is 7.91. The van der Waals surface area contributed by atoms with Crippen LogP contribution in [-0.4, -0.2) is 15.7 Å². The summed E-state index contributed by atoms with van der Waals surface area (Å²) in [5, 5.41) is 9.23. The van der Waals surface area contributed by atoms with Crippen molar-refractivity contribution in [1.29, 1.82) is 5.41 Å². The van der Waals surface area contributed by atoms with Crippen molar-refractivity contribution in [2.45, 2.75) is 6.61 Å². The Morgan fingerprint density at radius 2 is 1.77 bits per heavy atom. The van der Waals surface area contributed by atoms with Gasteiger partial charge in [0.25, 0.3) is 0 Å². The molecule has 0 atom stereocenters. The Balaban J connectivity index is 1.83. The Morgan fingerprint density at radius 1 is 1.04 bits per heavy atom. The molecule has 0 radical (unpaired) electrons. The molecule has 0 saturated carbocycles. The molecule has 0 amide bonds. The van der Waals surface area contributed by atoms with Crippen LogP contribution in [0.3, 0.4) is 0 Å². The number of ether oxygens (including phenoxy) is 1. The van der Waals surface area contributed by atoms with E-state index in [1.807, 2.05) is 0 Å². The Hall–Kier alpha value is -2.83. The number of nitrogens with zero attached hydrogens (tertiary/aromatic N) is 2. The second-order valence-electron chi connectivity index (χ2n) is 5.47. The van der Waals surface area contributed by atoms with E-state index in [0.29, 0.717) is 44.0 Å². The zero-order valence-electron chi connectivity index (χ0n) is 13.5. The lowest BCUT2D eigenvalue weighted by Crippen LogP contribution is -2.07. The highest BCUT2D eigenvalue weighted by Gasteiger charge is 2.12. The maximum absolute atomic E-state index is 8.38. The van der Waals surface area contributed by atoms with Crippen LogP contribution < -0.4 is 16.2 Å². The molecule has 0 saturated heterocycles. The molecule has 3 aromatic rings. The van der Waals surface area contributed by atoms with Crippen LogP contribution in [0.25, 0.3) is 0 Å². The van der Waals surface area contributed by atoms with Crippen molar-refractivity contribution in [1.82, 2.24) is 9.97 Å². The summed E-state index contributed by atoms with van der Waals surface area (Å²) >= 11 is 12.2. The molecule has 8 heteroatoms. The van der Waals surface area contributed by atoms with Crippen LogP contribution in [0, 0.1) is 5.41 Å². The van der Waals surface area contributed by atoms with Crippen molar-refractivity contribution in [3.8, 4) is 5.75 Å². The number of hydrogen-bond donors (Lipinski definition) is 3. The lowest BCUT2D eigenvalue weighted by Gasteiger charge is -2.12. The quantitative estimate of drug-likeness (QED) is 0.453. The first kappa shape index (κ1) is 18.0. The molecule has 0 fully saturated rings. The normalized spacial score (nSPS) is 10.5. The molecular weight excluding hydrogens is 373 g/mol. The molecule has 0 aliphatic rings. The van der Waals surface area contributed by atoms with E-state index in [1.165, 1.54) is 18.6 Å². The van der Waals surface area contributed by atoms with E-state index in [4.69, 9.17) is 44.8 Å². The predicted molar refractivity (Wildman–Crippen MR) is 104 cm³/mol. The van der Waals surface area contributed by atoms with Crippen LogP contribution in [-0.2, 0) is 6.61 Å². The van der Waals surface area contributed by atoms with Gasteiger partial charge >= 0.3 is 0 Å². The predicted octanol–water partition coefficient (Wildman–Crippen LogP) is 3.94. The molecule has 5 N–H and O–H groups in total. The highest BCUT2D eigenvalue weighted by Crippen LogP contribution is 2.27. The zero-order chi connectivity index (χ0) is 18.7. The molecule has 26 heavy (non-hydrogen) atoms. The average Bonchev–Trinajstić information content (AvgIpc) is 2.62. The van der Waals surface area contributed by atoms with Crippen molar-refractivity contribution in [2.75, 3.05) is 11.5 Å². The lowest BCUT2D eigenvalue weighted by molar-refractivity contribution is 0.306. The maximum atomic E-state index is 8.38. The zero-order valence-corrected chi connectivity index (χ0v) is 15.1. The average molecular weight is 388 g/mol. The summed E-state index contributed by atoms with van der Waals surface area (Å²) in [7, 11) is 0. The van der Waals surface area contributed by atoms with Gasteiger partial charge in [0.05, 0.1) is 15.8 Å². The summed E-state index contributed by atoms with van der Waals surface area (Å²) in [5.74, 6) is 0.920. The van der Waals surface area contributed by atoms with Gasteiger partial charge in [-0.1, -0.05) is 23.2 Å². The first-order valence-corrected chi connectivity index (χ1v) is 8.32. The minimum absolute atomic E-state index is 0.167. The number of nitrogens with one attached hydrogen (secondary N) is 1. The van der Waals surface area contributed by atoms with Gasteiger partial charge in [0.15, 0.2) is 0 Å². The molecule has 0 unspecified atom stereocenters. The molecule has 1 aromatic carbocycles. The van der Waals surface area contributed by atoms with Crippen LogP contribution >= 0.6 is 23.2 Å². The topological polar surface area (TPSA) is 111 Å². The van der Waals surface area contributed by atoms with Gasteiger partial charge < -0.3 is 16.2 Å². The maximum Gasteiger partial charge on any atom is 0.123 e. The van der Waals surface area contributed by atoms with E-state index in [9.17, 15) is 0 Å². The minimum Gasteiger partial charge on any atom is -0.489 e. The van der Waals surface area contributed by atoms with E-state index in [1.54, 1.807) is 30.3 Å². The Bertz CT molecular complexity index is 940. The monoisotopic (exact) mass is 387 g/mol. The van der Waals surface area contributed by atoms with E-state index in [0.717, 1.165) is 0 Å². The second-order valence-corrected chi connectivity index (χ2v) is 6.28. The number of nitrogens with two attached hydrogens (primary N) is 2. The van der Waals surface area contributed by atoms with Crippen molar-refractivity contribution < 1.29 is 4.74 Å². The summed E-state index contributed by atoms with van der Waals surface area (Å²) in [5.41, 5.74) is 14.1. The lowest BCUT2D eigenvalue weighted by atomic mass is 10.0. The second kappa shape index (κ2) is 7.59. The molecule has 0 aliphatic heterocycles. The number of aromatic nitrogens is 2. The van der Waals surface area contributed by atoms with Crippen LogP contribution in [0.5, 0.6) is 5.75 Å². The summed E-state index contributed by atoms with van der Waals surface area (Å²) in [6.45, 7) is 0.167. The Labute approximate surface area is 160 Å². The number of rotatable bonds is 5. The molecule has 3 rings (SSSR count). The van der Waals surface area contributed by atoms with E-state index in [2.05, 4.69) is 9.97 Å². The standard InChI is InChI=1S/C18H15Cl2N5O/c19-14-7-24-8-15(20)13(14)9-26-11-2-3-16(21)12(5-11)18(23)10-1-4-17(22)25-6-10/h1-8,23H,9,21H2,(H2,22,25). The highest BCUT2D eigenvalue weighted by molar-refractivity contribution is 6.35. The SMILES string of the molecule is N=C(c1ccc(N)nc1)c1cc(OCc2c(Cl)cncc2Cl)ccc1N. The van der Waals surface area contributed by atoms with Crippen LogP contribution in [0.1, 0.15) is 16.7 Å². The van der Waals surface area contributed by atoms with Gasteiger partial charge in [-0.2, -0.15) is 0 Å². The molecule has 0 bridgehead atoms. The third-order valence-corrected chi connectivity index (χ3v) is 4.36. The molecule has 2 aromatic heterocycles. The summed E-state index contributed by atoms with van der Waals surface area (Å²) < 4.78 is 5.77. The highest BCUT2D eigenvalue weighted by atomic mass is 35.5. The Morgan fingerprint density at radius 3 is 2.42 bits per heavy atom. The number of nitrogen functional groups attached to an aromatic ring is 2. The molecule has 132 valence electrons. The number of anilines is 2. The summed E-state index contributed by atoms with van der Waals surface area (Å²) in [6.07, 6.45) is 4.54. The van der Waals surface area contributed by atoms with Gasteiger partial charge in [-0.25, -0.2) is 4.98 Å². The number of benzene rings is 1. The van der Waals surface area contributed by atoms with E-state index < -0.39 is 0 Å². The third-order valence-electron chi connectivity index (χ3n) is 3.70. The molecule has 2 heterocycles. The van der Waals surface area contributed by atoms with E-state index >= 15 is 0 Å².